The molecule has 1 amide bonds. The summed E-state index contributed by atoms with van der Waals surface area (Å²) in [4.78, 5) is 12.6. The van der Waals surface area contributed by atoms with E-state index < -0.39 is 0 Å². The van der Waals surface area contributed by atoms with Crippen molar-refractivity contribution < 1.29 is 4.79 Å². The fraction of sp³-hybridized carbons (Fsp3) is 0.529. The first kappa shape index (κ1) is 14.9. The normalized spacial score (nSPS) is 15.8. The fourth-order valence-electron chi connectivity index (χ4n) is 3.25. The molecular weight excluding hydrogens is 276 g/mol. The Morgan fingerprint density at radius 2 is 2.18 bits per heavy atom. The molecule has 0 aromatic carbocycles. The molecule has 0 radical (unpaired) electrons. The molecule has 0 aliphatic heterocycles. The Bertz CT molecular complexity index is 694. The summed E-state index contributed by atoms with van der Waals surface area (Å²) < 4.78 is 4.08. The van der Waals surface area contributed by atoms with Crippen LogP contribution in [0.25, 0.3) is 0 Å². The van der Waals surface area contributed by atoms with E-state index in [1.54, 1.807) is 0 Å². The molecule has 1 N–H and O–H groups in total. The maximum absolute atomic E-state index is 12.6. The highest BCUT2D eigenvalue weighted by Gasteiger charge is 2.27. The minimum atomic E-state index is -0.0460. The second kappa shape index (κ2) is 5.63. The SMILES string of the molecule is CCn1nc(C)c(C(C)NC(=O)c2cccn2C2CC2)c1C. The van der Waals surface area contributed by atoms with Gasteiger partial charge in [0.25, 0.3) is 5.91 Å². The van der Waals surface area contributed by atoms with Gasteiger partial charge in [-0.05, 0) is 52.7 Å². The van der Waals surface area contributed by atoms with Gasteiger partial charge in [-0.25, -0.2) is 0 Å². The molecule has 1 aliphatic rings. The first-order valence-electron chi connectivity index (χ1n) is 8.04. The van der Waals surface area contributed by atoms with E-state index in [1.807, 2.05) is 36.9 Å². The number of aryl methyl sites for hydroxylation is 2. The summed E-state index contributed by atoms with van der Waals surface area (Å²) in [6.45, 7) is 9.02. The number of carbonyl (C=O) groups excluding carboxylic acids is 1. The van der Waals surface area contributed by atoms with Gasteiger partial charge in [0.1, 0.15) is 5.69 Å². The number of hydrogen-bond donors (Lipinski definition) is 1. The van der Waals surface area contributed by atoms with Crippen LogP contribution >= 0.6 is 0 Å². The van der Waals surface area contributed by atoms with Crippen LogP contribution in [-0.4, -0.2) is 20.3 Å². The summed E-state index contributed by atoms with van der Waals surface area (Å²) in [6.07, 6.45) is 4.35. The Labute approximate surface area is 131 Å². The zero-order chi connectivity index (χ0) is 15.9. The van der Waals surface area contributed by atoms with Crippen molar-refractivity contribution in [2.24, 2.45) is 0 Å². The van der Waals surface area contributed by atoms with E-state index in [1.165, 1.54) is 12.8 Å². The number of carbonyl (C=O) groups is 1. The van der Waals surface area contributed by atoms with Gasteiger partial charge in [-0.15, -0.1) is 0 Å². The Balaban J connectivity index is 1.79. The zero-order valence-electron chi connectivity index (χ0n) is 13.8. The van der Waals surface area contributed by atoms with Crippen LogP contribution < -0.4 is 5.32 Å². The Kier molecular flexibility index (Phi) is 3.81. The minimum Gasteiger partial charge on any atom is -0.344 e. The van der Waals surface area contributed by atoms with Crippen molar-refractivity contribution >= 4 is 5.91 Å². The Hall–Kier alpha value is -2.04. The molecule has 0 saturated heterocycles. The van der Waals surface area contributed by atoms with Crippen molar-refractivity contribution in [1.82, 2.24) is 19.7 Å². The van der Waals surface area contributed by atoms with Crippen molar-refractivity contribution in [3.05, 3.63) is 41.0 Å². The maximum Gasteiger partial charge on any atom is 0.268 e. The zero-order valence-corrected chi connectivity index (χ0v) is 13.8. The summed E-state index contributed by atoms with van der Waals surface area (Å²) in [5, 5.41) is 7.66. The lowest BCUT2D eigenvalue weighted by atomic mass is 10.1. The first-order valence-corrected chi connectivity index (χ1v) is 8.04. The van der Waals surface area contributed by atoms with Gasteiger partial charge in [0, 0.05) is 30.0 Å². The van der Waals surface area contributed by atoms with Crippen LogP contribution in [0.5, 0.6) is 0 Å². The lowest BCUT2D eigenvalue weighted by Crippen LogP contribution is -2.29. The molecule has 1 atom stereocenters. The lowest BCUT2D eigenvalue weighted by molar-refractivity contribution is 0.0930. The number of aromatic nitrogens is 3. The van der Waals surface area contributed by atoms with Gasteiger partial charge >= 0.3 is 0 Å². The summed E-state index contributed by atoms with van der Waals surface area (Å²) in [5.74, 6) is -0.00699. The fourth-order valence-corrected chi connectivity index (χ4v) is 3.25. The second-order valence-electron chi connectivity index (χ2n) is 6.13. The molecule has 2 aromatic rings. The van der Waals surface area contributed by atoms with Crippen molar-refractivity contribution in [3.8, 4) is 0 Å². The van der Waals surface area contributed by atoms with Crippen molar-refractivity contribution in [1.29, 1.82) is 0 Å². The van der Waals surface area contributed by atoms with Gasteiger partial charge in [-0.2, -0.15) is 5.10 Å². The summed E-state index contributed by atoms with van der Waals surface area (Å²) in [6, 6.07) is 4.31. The molecule has 2 aromatic heterocycles. The number of nitrogens with zero attached hydrogens (tertiary/aromatic N) is 3. The third kappa shape index (κ3) is 2.56. The van der Waals surface area contributed by atoms with E-state index in [0.29, 0.717) is 6.04 Å². The molecular formula is C17H24N4O. The third-order valence-electron chi connectivity index (χ3n) is 4.47. The van der Waals surface area contributed by atoms with Gasteiger partial charge in [0.15, 0.2) is 0 Å². The van der Waals surface area contributed by atoms with Gasteiger partial charge in [-0.1, -0.05) is 0 Å². The van der Waals surface area contributed by atoms with E-state index in [0.717, 1.165) is 29.2 Å². The first-order chi connectivity index (χ1) is 10.5. The summed E-state index contributed by atoms with van der Waals surface area (Å²) >= 11 is 0. The van der Waals surface area contributed by atoms with E-state index in [-0.39, 0.29) is 11.9 Å². The highest BCUT2D eigenvalue weighted by molar-refractivity contribution is 5.93. The molecule has 22 heavy (non-hydrogen) atoms. The van der Waals surface area contributed by atoms with Crippen LogP contribution in [0.1, 0.15) is 66.2 Å². The molecule has 0 bridgehead atoms. The second-order valence-corrected chi connectivity index (χ2v) is 6.13. The quantitative estimate of drug-likeness (QED) is 0.922. The summed E-state index contributed by atoms with van der Waals surface area (Å²) in [5.41, 5.74) is 4.00. The van der Waals surface area contributed by atoms with Gasteiger partial charge in [0.05, 0.1) is 11.7 Å². The predicted octanol–water partition coefficient (Wildman–Crippen LogP) is 3.15. The smallest absolute Gasteiger partial charge is 0.268 e. The Morgan fingerprint density at radius 1 is 1.45 bits per heavy atom. The summed E-state index contributed by atoms with van der Waals surface area (Å²) in [7, 11) is 0. The monoisotopic (exact) mass is 300 g/mol. The molecule has 1 aliphatic carbocycles. The standard InChI is InChI=1S/C17H24N4O/c1-5-21-13(4)16(12(3)19-21)11(2)18-17(22)15-7-6-10-20(15)14-8-9-14/h6-7,10-11,14H,5,8-9H2,1-4H3,(H,18,22). The van der Waals surface area contributed by atoms with E-state index in [9.17, 15) is 4.79 Å². The lowest BCUT2D eigenvalue weighted by Gasteiger charge is -2.16. The average molecular weight is 300 g/mol. The molecule has 1 fully saturated rings. The Morgan fingerprint density at radius 3 is 2.77 bits per heavy atom. The highest BCUT2D eigenvalue weighted by atomic mass is 16.2. The van der Waals surface area contributed by atoms with E-state index >= 15 is 0 Å². The largest absolute Gasteiger partial charge is 0.344 e. The third-order valence-corrected chi connectivity index (χ3v) is 4.47. The molecule has 1 unspecified atom stereocenters. The van der Waals surface area contributed by atoms with Crippen LogP contribution in [0.15, 0.2) is 18.3 Å². The van der Waals surface area contributed by atoms with Crippen molar-refractivity contribution in [3.63, 3.8) is 0 Å². The molecule has 0 spiro atoms. The number of hydrogen-bond acceptors (Lipinski definition) is 2. The molecule has 3 rings (SSSR count). The highest BCUT2D eigenvalue weighted by Crippen LogP contribution is 2.36. The van der Waals surface area contributed by atoms with Crippen molar-refractivity contribution in [2.45, 2.75) is 59.2 Å². The molecule has 1 saturated carbocycles. The molecule has 2 heterocycles. The number of amides is 1. The van der Waals surface area contributed by atoms with Crippen LogP contribution in [0.2, 0.25) is 0 Å². The van der Waals surface area contributed by atoms with Crippen molar-refractivity contribution in [2.75, 3.05) is 0 Å². The van der Waals surface area contributed by atoms with Crippen LogP contribution in [0.4, 0.5) is 0 Å². The van der Waals surface area contributed by atoms with Crippen LogP contribution in [0.3, 0.4) is 0 Å². The average Bonchev–Trinajstić information content (AvgIpc) is 3.12. The predicted molar refractivity (Wildman–Crippen MR) is 86.0 cm³/mol. The van der Waals surface area contributed by atoms with Gasteiger partial charge < -0.3 is 9.88 Å². The van der Waals surface area contributed by atoms with E-state index in [2.05, 4.69) is 28.8 Å². The maximum atomic E-state index is 12.6. The van der Waals surface area contributed by atoms with Crippen LogP contribution in [-0.2, 0) is 6.54 Å². The minimum absolute atomic E-state index is 0.00699. The number of nitrogens with one attached hydrogen (secondary N) is 1. The molecule has 118 valence electrons. The topological polar surface area (TPSA) is 51.9 Å². The van der Waals surface area contributed by atoms with Gasteiger partial charge in [0.2, 0.25) is 0 Å². The van der Waals surface area contributed by atoms with E-state index in [4.69, 9.17) is 0 Å². The number of rotatable bonds is 5. The van der Waals surface area contributed by atoms with Gasteiger partial charge in [-0.3, -0.25) is 9.48 Å². The molecule has 5 nitrogen and oxygen atoms in total. The molecule has 5 heteroatoms. The van der Waals surface area contributed by atoms with Crippen LogP contribution in [0, 0.1) is 13.8 Å².